The zero-order valence-electron chi connectivity index (χ0n) is 13.5. The highest BCUT2D eigenvalue weighted by Gasteiger charge is 2.21. The van der Waals surface area contributed by atoms with Gasteiger partial charge in [-0.1, -0.05) is 12.1 Å². The van der Waals surface area contributed by atoms with Crippen LogP contribution >= 0.6 is 11.3 Å². The fourth-order valence-corrected chi connectivity index (χ4v) is 3.41. The number of hydrogen-bond acceptors (Lipinski definition) is 5. The molecule has 5 nitrogen and oxygen atoms in total. The molecule has 124 valence electrons. The van der Waals surface area contributed by atoms with Gasteiger partial charge in [-0.2, -0.15) is 5.26 Å². The van der Waals surface area contributed by atoms with Crippen molar-refractivity contribution in [1.82, 2.24) is 14.8 Å². The van der Waals surface area contributed by atoms with E-state index in [0.717, 1.165) is 50.4 Å². The highest BCUT2D eigenvalue weighted by molar-refractivity contribution is 7.07. The SMILES string of the molecule is N#Cc1ccc(CCC(=O)N2CCN(Cc3cscn3)CC2)cc1. The summed E-state index contributed by atoms with van der Waals surface area (Å²) in [6.45, 7) is 4.25. The smallest absolute Gasteiger partial charge is 0.222 e. The number of carbonyl (C=O) groups excluding carboxylic acids is 1. The predicted octanol–water partition coefficient (Wildman–Crippen LogP) is 2.29. The Hall–Kier alpha value is -2.23. The molecule has 24 heavy (non-hydrogen) atoms. The number of rotatable bonds is 5. The van der Waals surface area contributed by atoms with Crippen LogP contribution in [0.15, 0.2) is 35.2 Å². The van der Waals surface area contributed by atoms with E-state index in [1.165, 1.54) is 0 Å². The van der Waals surface area contributed by atoms with E-state index in [2.05, 4.69) is 21.3 Å². The number of aromatic nitrogens is 1. The summed E-state index contributed by atoms with van der Waals surface area (Å²) >= 11 is 1.62. The summed E-state index contributed by atoms with van der Waals surface area (Å²) < 4.78 is 0. The van der Waals surface area contributed by atoms with Crippen molar-refractivity contribution in [3.63, 3.8) is 0 Å². The Bertz CT molecular complexity index is 698. The minimum atomic E-state index is 0.215. The maximum atomic E-state index is 12.4. The molecule has 1 fully saturated rings. The first-order valence-corrected chi connectivity index (χ1v) is 9.05. The minimum Gasteiger partial charge on any atom is -0.340 e. The summed E-state index contributed by atoms with van der Waals surface area (Å²) in [7, 11) is 0. The van der Waals surface area contributed by atoms with Crippen molar-refractivity contribution in [2.24, 2.45) is 0 Å². The van der Waals surface area contributed by atoms with Crippen molar-refractivity contribution < 1.29 is 4.79 Å². The molecule has 3 rings (SSSR count). The van der Waals surface area contributed by atoms with Gasteiger partial charge >= 0.3 is 0 Å². The first-order valence-electron chi connectivity index (χ1n) is 8.11. The molecule has 0 spiro atoms. The first kappa shape index (κ1) is 16.6. The number of amides is 1. The lowest BCUT2D eigenvalue weighted by Gasteiger charge is -2.34. The van der Waals surface area contributed by atoms with Crippen LogP contribution in [0.1, 0.15) is 23.2 Å². The minimum absolute atomic E-state index is 0.215. The van der Waals surface area contributed by atoms with E-state index in [1.54, 1.807) is 23.5 Å². The van der Waals surface area contributed by atoms with Crippen LogP contribution in [0, 0.1) is 11.3 Å². The van der Waals surface area contributed by atoms with Crippen molar-refractivity contribution in [2.45, 2.75) is 19.4 Å². The van der Waals surface area contributed by atoms with E-state index in [4.69, 9.17) is 5.26 Å². The van der Waals surface area contributed by atoms with Gasteiger partial charge in [0.05, 0.1) is 22.8 Å². The molecule has 1 amide bonds. The maximum Gasteiger partial charge on any atom is 0.222 e. The number of thiazole rings is 1. The maximum absolute atomic E-state index is 12.4. The lowest BCUT2D eigenvalue weighted by atomic mass is 10.1. The normalized spacial score (nSPS) is 15.2. The van der Waals surface area contributed by atoms with Gasteiger partial charge in [-0.3, -0.25) is 9.69 Å². The molecule has 0 atom stereocenters. The van der Waals surface area contributed by atoms with Gasteiger partial charge in [-0.05, 0) is 24.1 Å². The van der Waals surface area contributed by atoms with E-state index in [9.17, 15) is 4.79 Å². The van der Waals surface area contributed by atoms with Gasteiger partial charge in [-0.15, -0.1) is 11.3 Å². The summed E-state index contributed by atoms with van der Waals surface area (Å²) in [5, 5.41) is 10.9. The monoisotopic (exact) mass is 340 g/mol. The van der Waals surface area contributed by atoms with Crippen molar-refractivity contribution in [2.75, 3.05) is 26.2 Å². The molecule has 6 heteroatoms. The van der Waals surface area contributed by atoms with Crippen molar-refractivity contribution in [3.05, 3.63) is 52.0 Å². The van der Waals surface area contributed by atoms with Crippen LogP contribution < -0.4 is 0 Å². The molecule has 0 saturated carbocycles. The lowest BCUT2D eigenvalue weighted by molar-refractivity contribution is -0.133. The molecule has 1 aromatic carbocycles. The molecule has 2 aromatic rings. The fourth-order valence-electron chi connectivity index (χ4n) is 2.86. The molecule has 1 saturated heterocycles. The average molecular weight is 340 g/mol. The Morgan fingerprint density at radius 2 is 1.96 bits per heavy atom. The number of piperazine rings is 1. The molecular formula is C18H20N4OS. The second kappa shape index (κ2) is 8.04. The van der Waals surface area contributed by atoms with Gasteiger partial charge in [0.2, 0.25) is 5.91 Å². The number of hydrogen-bond donors (Lipinski definition) is 0. The summed E-state index contributed by atoms with van der Waals surface area (Å²) in [5.41, 5.74) is 4.73. The summed E-state index contributed by atoms with van der Waals surface area (Å²) in [6.07, 6.45) is 1.25. The number of nitriles is 1. The summed E-state index contributed by atoms with van der Waals surface area (Å²) in [5.74, 6) is 0.215. The van der Waals surface area contributed by atoms with E-state index in [0.29, 0.717) is 12.0 Å². The molecule has 1 aromatic heterocycles. The Kier molecular flexibility index (Phi) is 5.57. The fraction of sp³-hybridized carbons (Fsp3) is 0.389. The van der Waals surface area contributed by atoms with E-state index < -0.39 is 0 Å². The molecule has 0 N–H and O–H groups in total. The van der Waals surface area contributed by atoms with Gasteiger partial charge < -0.3 is 4.90 Å². The third-order valence-corrected chi connectivity index (χ3v) is 4.94. The second-order valence-electron chi connectivity index (χ2n) is 5.95. The third-order valence-electron chi connectivity index (χ3n) is 4.30. The zero-order valence-corrected chi connectivity index (χ0v) is 14.3. The largest absolute Gasteiger partial charge is 0.340 e. The number of aryl methyl sites for hydroxylation is 1. The number of benzene rings is 1. The van der Waals surface area contributed by atoms with Crippen LogP contribution in [0.3, 0.4) is 0 Å². The van der Waals surface area contributed by atoms with Crippen molar-refractivity contribution in [3.8, 4) is 6.07 Å². The van der Waals surface area contributed by atoms with Gasteiger partial charge in [0, 0.05) is 44.5 Å². The topological polar surface area (TPSA) is 60.2 Å². The summed E-state index contributed by atoms with van der Waals surface area (Å²) in [6, 6.07) is 9.57. The van der Waals surface area contributed by atoms with Crippen molar-refractivity contribution in [1.29, 1.82) is 5.26 Å². The molecule has 0 aliphatic carbocycles. The molecule has 0 radical (unpaired) electrons. The number of nitrogens with zero attached hydrogens (tertiary/aromatic N) is 4. The van der Waals surface area contributed by atoms with Crippen molar-refractivity contribution >= 4 is 17.2 Å². The zero-order chi connectivity index (χ0) is 16.8. The number of carbonyl (C=O) groups is 1. The third kappa shape index (κ3) is 4.40. The molecule has 1 aliphatic heterocycles. The lowest BCUT2D eigenvalue weighted by Crippen LogP contribution is -2.48. The molecule has 0 unspecified atom stereocenters. The summed E-state index contributed by atoms with van der Waals surface area (Å²) in [4.78, 5) is 21.0. The van der Waals surface area contributed by atoms with Gasteiger partial charge in [0.25, 0.3) is 0 Å². The Morgan fingerprint density at radius 3 is 2.58 bits per heavy atom. The molecular weight excluding hydrogens is 320 g/mol. The van der Waals surface area contributed by atoms with Crippen LogP contribution in [-0.4, -0.2) is 46.9 Å². The first-order chi connectivity index (χ1) is 11.7. The predicted molar refractivity (Wildman–Crippen MR) is 93.4 cm³/mol. The molecule has 1 aliphatic rings. The van der Waals surface area contributed by atoms with Crippen LogP contribution in [0.2, 0.25) is 0 Å². The Labute approximate surface area is 146 Å². The van der Waals surface area contributed by atoms with Crippen LogP contribution in [0.4, 0.5) is 0 Å². The van der Waals surface area contributed by atoms with Gasteiger partial charge in [0.1, 0.15) is 0 Å². The van der Waals surface area contributed by atoms with Crippen LogP contribution in [0.5, 0.6) is 0 Å². The average Bonchev–Trinajstić information content (AvgIpc) is 3.14. The van der Waals surface area contributed by atoms with E-state index in [1.807, 2.05) is 22.5 Å². The highest BCUT2D eigenvalue weighted by Crippen LogP contribution is 2.11. The Balaban J connectivity index is 1.42. The quantitative estimate of drug-likeness (QED) is 0.838. The van der Waals surface area contributed by atoms with E-state index in [-0.39, 0.29) is 5.91 Å². The second-order valence-corrected chi connectivity index (χ2v) is 6.66. The molecule has 2 heterocycles. The van der Waals surface area contributed by atoms with Gasteiger partial charge in [-0.25, -0.2) is 4.98 Å². The van der Waals surface area contributed by atoms with Crippen LogP contribution in [0.25, 0.3) is 0 Å². The standard InChI is InChI=1S/C18H20N4OS/c19-11-16-3-1-15(2-4-16)5-6-18(23)22-9-7-21(8-10-22)12-17-13-24-14-20-17/h1-4,13-14H,5-10,12H2. The van der Waals surface area contributed by atoms with Crippen LogP contribution in [-0.2, 0) is 17.8 Å². The highest BCUT2D eigenvalue weighted by atomic mass is 32.1. The van der Waals surface area contributed by atoms with E-state index >= 15 is 0 Å². The molecule has 0 bridgehead atoms. The van der Waals surface area contributed by atoms with Gasteiger partial charge in [0.15, 0.2) is 0 Å². The Morgan fingerprint density at radius 1 is 1.21 bits per heavy atom.